The number of hydrogen-bond donors (Lipinski definition) is 0. The Balaban J connectivity index is 1.43. The van der Waals surface area contributed by atoms with Crippen LogP contribution in [0.2, 0.25) is 5.02 Å². The minimum atomic E-state index is 0.150. The Morgan fingerprint density at radius 2 is 1.48 bits per heavy atom. The largest absolute Gasteiger partial charge is 0.497 e. The predicted octanol–water partition coefficient (Wildman–Crippen LogP) is 4.82. The molecule has 160 valence electrons. The minimum absolute atomic E-state index is 0.150. The molecule has 0 saturated carbocycles. The third-order valence-corrected chi connectivity index (χ3v) is 6.10. The van der Waals surface area contributed by atoms with Gasteiger partial charge in [-0.2, -0.15) is 0 Å². The third kappa shape index (κ3) is 5.27. The van der Waals surface area contributed by atoms with E-state index < -0.39 is 0 Å². The van der Waals surface area contributed by atoms with Crippen molar-refractivity contribution in [2.45, 2.75) is 12.5 Å². The third-order valence-electron chi connectivity index (χ3n) is 5.85. The first-order chi connectivity index (χ1) is 15.1. The number of ether oxygens (including phenoxy) is 1. The van der Waals surface area contributed by atoms with Crippen molar-refractivity contribution >= 4 is 17.5 Å². The zero-order valence-electron chi connectivity index (χ0n) is 17.7. The van der Waals surface area contributed by atoms with Crippen LogP contribution in [0.3, 0.4) is 0 Å². The van der Waals surface area contributed by atoms with E-state index in [2.05, 4.69) is 41.3 Å². The van der Waals surface area contributed by atoms with Gasteiger partial charge in [0.2, 0.25) is 5.91 Å². The lowest BCUT2D eigenvalue weighted by Gasteiger charge is -2.40. The van der Waals surface area contributed by atoms with Crippen molar-refractivity contribution in [2.75, 3.05) is 33.3 Å². The number of carbonyl (C=O) groups excluding carboxylic acids is 1. The Morgan fingerprint density at radius 1 is 0.871 bits per heavy atom. The molecule has 5 heteroatoms. The van der Waals surface area contributed by atoms with Gasteiger partial charge in [0, 0.05) is 31.2 Å². The molecule has 1 amide bonds. The summed E-state index contributed by atoms with van der Waals surface area (Å²) in [6.45, 7) is 3.12. The van der Waals surface area contributed by atoms with Gasteiger partial charge in [0.15, 0.2) is 0 Å². The summed E-state index contributed by atoms with van der Waals surface area (Å²) in [5.41, 5.74) is 3.48. The first-order valence-corrected chi connectivity index (χ1v) is 11.0. The quantitative estimate of drug-likeness (QED) is 0.557. The van der Waals surface area contributed by atoms with Crippen LogP contribution in [0, 0.1) is 0 Å². The van der Waals surface area contributed by atoms with E-state index in [1.165, 1.54) is 11.1 Å². The van der Waals surface area contributed by atoms with Gasteiger partial charge in [-0.05, 0) is 41.0 Å². The molecule has 0 N–H and O–H groups in total. The van der Waals surface area contributed by atoms with Gasteiger partial charge in [-0.15, -0.1) is 0 Å². The highest BCUT2D eigenvalue weighted by Gasteiger charge is 2.28. The second kappa shape index (κ2) is 9.99. The predicted molar refractivity (Wildman–Crippen MR) is 125 cm³/mol. The number of hydrogen-bond acceptors (Lipinski definition) is 3. The topological polar surface area (TPSA) is 32.8 Å². The molecule has 1 fully saturated rings. The molecule has 1 atom stereocenters. The smallest absolute Gasteiger partial charge is 0.227 e. The van der Waals surface area contributed by atoms with Crippen molar-refractivity contribution in [3.05, 3.63) is 101 Å². The molecule has 1 heterocycles. The number of nitrogens with zero attached hydrogens (tertiary/aromatic N) is 2. The van der Waals surface area contributed by atoms with Gasteiger partial charge < -0.3 is 9.64 Å². The normalized spacial score (nSPS) is 15.5. The zero-order chi connectivity index (χ0) is 21.6. The van der Waals surface area contributed by atoms with Crippen LogP contribution in [-0.2, 0) is 11.2 Å². The van der Waals surface area contributed by atoms with Crippen LogP contribution in [0.1, 0.15) is 22.7 Å². The van der Waals surface area contributed by atoms with Gasteiger partial charge in [-0.25, -0.2) is 0 Å². The molecule has 0 spiro atoms. The Hall–Kier alpha value is -2.82. The molecule has 4 rings (SSSR count). The maximum atomic E-state index is 12.8. The second-order valence-corrected chi connectivity index (χ2v) is 8.24. The Bertz CT molecular complexity index is 982. The highest BCUT2D eigenvalue weighted by molar-refractivity contribution is 6.30. The van der Waals surface area contributed by atoms with Gasteiger partial charge in [-0.3, -0.25) is 9.69 Å². The van der Waals surface area contributed by atoms with E-state index >= 15 is 0 Å². The summed E-state index contributed by atoms with van der Waals surface area (Å²) < 4.78 is 5.20. The molecule has 4 nitrogen and oxygen atoms in total. The average Bonchev–Trinajstić information content (AvgIpc) is 2.82. The monoisotopic (exact) mass is 434 g/mol. The van der Waals surface area contributed by atoms with Crippen molar-refractivity contribution < 1.29 is 9.53 Å². The fourth-order valence-electron chi connectivity index (χ4n) is 4.15. The van der Waals surface area contributed by atoms with Crippen molar-refractivity contribution in [1.29, 1.82) is 0 Å². The average molecular weight is 435 g/mol. The van der Waals surface area contributed by atoms with Crippen LogP contribution >= 0.6 is 11.6 Å². The molecule has 0 bridgehead atoms. The summed E-state index contributed by atoms with van der Waals surface area (Å²) >= 11 is 6.12. The summed E-state index contributed by atoms with van der Waals surface area (Å²) in [5.74, 6) is 0.978. The molecule has 0 aromatic heterocycles. The number of methoxy groups -OCH3 is 1. The van der Waals surface area contributed by atoms with E-state index in [1.54, 1.807) is 7.11 Å². The van der Waals surface area contributed by atoms with E-state index in [-0.39, 0.29) is 11.9 Å². The Kier molecular flexibility index (Phi) is 6.90. The maximum Gasteiger partial charge on any atom is 0.227 e. The van der Waals surface area contributed by atoms with Gasteiger partial charge in [0.25, 0.3) is 0 Å². The zero-order valence-corrected chi connectivity index (χ0v) is 18.5. The Morgan fingerprint density at radius 3 is 2.10 bits per heavy atom. The molecular formula is C26H27ClN2O2. The van der Waals surface area contributed by atoms with Crippen LogP contribution < -0.4 is 4.74 Å². The van der Waals surface area contributed by atoms with Crippen LogP contribution in [-0.4, -0.2) is 49.0 Å². The van der Waals surface area contributed by atoms with Crippen molar-refractivity contribution in [2.24, 2.45) is 0 Å². The van der Waals surface area contributed by atoms with Gasteiger partial charge in [-0.1, -0.05) is 66.2 Å². The van der Waals surface area contributed by atoms with Gasteiger partial charge in [0.1, 0.15) is 5.75 Å². The number of amides is 1. The van der Waals surface area contributed by atoms with E-state index in [0.29, 0.717) is 6.42 Å². The number of piperazine rings is 1. The summed E-state index contributed by atoms with van der Waals surface area (Å²) in [4.78, 5) is 17.3. The molecule has 3 aromatic rings. The lowest BCUT2D eigenvalue weighted by Crippen LogP contribution is -2.50. The number of benzene rings is 3. The summed E-state index contributed by atoms with van der Waals surface area (Å²) in [5, 5.41) is 0.740. The first-order valence-electron chi connectivity index (χ1n) is 10.6. The molecule has 1 aliphatic rings. The summed E-state index contributed by atoms with van der Waals surface area (Å²) in [6.07, 6.45) is 0.420. The SMILES string of the molecule is COc1ccc(CC(=O)N2CCN(C(c3ccccc3)c3ccc(Cl)cc3)CC2)cc1. The number of rotatable bonds is 6. The summed E-state index contributed by atoms with van der Waals surface area (Å²) in [7, 11) is 1.65. The summed E-state index contributed by atoms with van der Waals surface area (Å²) in [6, 6.07) is 26.5. The van der Waals surface area contributed by atoms with Gasteiger partial charge in [0.05, 0.1) is 19.6 Å². The lowest BCUT2D eigenvalue weighted by molar-refractivity contribution is -0.132. The first kappa shape index (κ1) is 21.4. The molecular weight excluding hydrogens is 408 g/mol. The van der Waals surface area contributed by atoms with Crippen LogP contribution in [0.25, 0.3) is 0 Å². The molecule has 0 aliphatic carbocycles. The highest BCUT2D eigenvalue weighted by Crippen LogP contribution is 2.30. The molecule has 1 aliphatic heterocycles. The Labute approximate surface area is 189 Å². The standard InChI is InChI=1S/C26H27ClN2O2/c1-31-24-13-7-20(8-14-24)19-25(30)28-15-17-29(18-16-28)26(21-5-3-2-4-6-21)22-9-11-23(27)12-10-22/h2-14,26H,15-19H2,1H3. The molecule has 1 saturated heterocycles. The van der Waals surface area contributed by atoms with Crippen molar-refractivity contribution in [1.82, 2.24) is 9.80 Å². The van der Waals surface area contributed by atoms with Crippen molar-refractivity contribution in [3.8, 4) is 5.75 Å². The second-order valence-electron chi connectivity index (χ2n) is 7.81. The minimum Gasteiger partial charge on any atom is -0.497 e. The molecule has 31 heavy (non-hydrogen) atoms. The van der Waals surface area contributed by atoms with E-state index in [0.717, 1.165) is 42.5 Å². The van der Waals surface area contributed by atoms with Crippen LogP contribution in [0.4, 0.5) is 0 Å². The molecule has 1 unspecified atom stereocenters. The fourth-order valence-corrected chi connectivity index (χ4v) is 4.28. The number of carbonyl (C=O) groups is 1. The van der Waals surface area contributed by atoms with Crippen molar-refractivity contribution in [3.63, 3.8) is 0 Å². The number of halogens is 1. The fraction of sp³-hybridized carbons (Fsp3) is 0.269. The van der Waals surface area contributed by atoms with E-state index in [4.69, 9.17) is 16.3 Å². The van der Waals surface area contributed by atoms with Crippen LogP contribution in [0.15, 0.2) is 78.9 Å². The van der Waals surface area contributed by atoms with E-state index in [1.807, 2.05) is 47.4 Å². The lowest BCUT2D eigenvalue weighted by atomic mass is 9.96. The van der Waals surface area contributed by atoms with Gasteiger partial charge >= 0.3 is 0 Å². The highest BCUT2D eigenvalue weighted by atomic mass is 35.5. The van der Waals surface area contributed by atoms with Crippen LogP contribution in [0.5, 0.6) is 5.75 Å². The molecule has 0 radical (unpaired) electrons. The van der Waals surface area contributed by atoms with E-state index in [9.17, 15) is 4.79 Å². The maximum absolute atomic E-state index is 12.8. The molecule has 3 aromatic carbocycles.